The zero-order valence-electron chi connectivity index (χ0n) is 19.7. The Hall–Kier alpha value is -3.91. The maximum atomic E-state index is 12.9. The molecule has 0 spiro atoms. The number of rotatable bonds is 8. The molecule has 0 saturated carbocycles. The van der Waals surface area contributed by atoms with Gasteiger partial charge < -0.3 is 23.7 Å². The van der Waals surface area contributed by atoms with Crippen LogP contribution in [0.3, 0.4) is 0 Å². The third-order valence-corrected chi connectivity index (χ3v) is 6.12. The fourth-order valence-corrected chi connectivity index (χ4v) is 4.22. The molecule has 0 aliphatic carbocycles. The molecule has 8 heteroatoms. The number of amides is 1. The summed E-state index contributed by atoms with van der Waals surface area (Å²) >= 11 is 0. The zero-order valence-corrected chi connectivity index (χ0v) is 19.7. The molecule has 35 heavy (non-hydrogen) atoms. The first-order valence-corrected chi connectivity index (χ1v) is 11.8. The molecule has 0 bridgehead atoms. The predicted molar refractivity (Wildman–Crippen MR) is 133 cm³/mol. The quantitative estimate of drug-likeness (QED) is 0.381. The van der Waals surface area contributed by atoms with E-state index in [1.54, 1.807) is 13.4 Å². The van der Waals surface area contributed by atoms with Crippen LogP contribution in [0, 0.1) is 0 Å². The van der Waals surface area contributed by atoms with E-state index in [1.807, 2.05) is 65.6 Å². The van der Waals surface area contributed by atoms with Crippen molar-refractivity contribution in [2.75, 3.05) is 44.9 Å². The highest BCUT2D eigenvalue weighted by Gasteiger charge is 2.21. The monoisotopic (exact) mass is 472 g/mol. The van der Waals surface area contributed by atoms with E-state index in [0.29, 0.717) is 51.6 Å². The van der Waals surface area contributed by atoms with E-state index in [9.17, 15) is 4.79 Å². The Morgan fingerprint density at radius 3 is 2.57 bits per heavy atom. The Morgan fingerprint density at radius 2 is 1.83 bits per heavy atom. The highest BCUT2D eigenvalue weighted by atomic mass is 16.5. The van der Waals surface area contributed by atoms with Crippen LogP contribution in [-0.4, -0.2) is 60.7 Å². The maximum Gasteiger partial charge on any atom is 0.224 e. The molecule has 1 aliphatic heterocycles. The first-order valence-electron chi connectivity index (χ1n) is 11.8. The average molecular weight is 473 g/mol. The average Bonchev–Trinajstić information content (AvgIpc) is 3.44. The van der Waals surface area contributed by atoms with Gasteiger partial charge in [0.15, 0.2) is 5.82 Å². The fourth-order valence-electron chi connectivity index (χ4n) is 4.22. The van der Waals surface area contributed by atoms with Crippen LogP contribution in [0.2, 0.25) is 0 Å². The van der Waals surface area contributed by atoms with Gasteiger partial charge in [-0.25, -0.2) is 9.97 Å². The minimum atomic E-state index is 0.117. The van der Waals surface area contributed by atoms with E-state index in [-0.39, 0.29) is 5.91 Å². The molecule has 2 aromatic carbocycles. The molecule has 1 aliphatic rings. The largest absolute Gasteiger partial charge is 0.497 e. The van der Waals surface area contributed by atoms with Crippen molar-refractivity contribution in [3.8, 4) is 17.1 Å². The number of morpholine rings is 1. The van der Waals surface area contributed by atoms with Gasteiger partial charge >= 0.3 is 0 Å². The summed E-state index contributed by atoms with van der Waals surface area (Å²) in [7, 11) is 1.64. The summed E-state index contributed by atoms with van der Waals surface area (Å²) in [5, 5.41) is 0.926. The van der Waals surface area contributed by atoms with Gasteiger partial charge in [0.25, 0.3) is 0 Å². The lowest BCUT2D eigenvalue weighted by atomic mass is 10.1. The van der Waals surface area contributed by atoms with Crippen LogP contribution in [-0.2, 0) is 16.1 Å². The number of methoxy groups -OCH3 is 1. The Balaban J connectivity index is 1.50. The summed E-state index contributed by atoms with van der Waals surface area (Å²) in [5.41, 5.74) is 1.73. The number of carbonyl (C=O) groups is 1. The summed E-state index contributed by atoms with van der Waals surface area (Å²) < 4.78 is 16.3. The van der Waals surface area contributed by atoms with E-state index >= 15 is 0 Å². The van der Waals surface area contributed by atoms with Gasteiger partial charge in [-0.1, -0.05) is 12.1 Å². The van der Waals surface area contributed by atoms with Gasteiger partial charge in [0.2, 0.25) is 5.91 Å². The van der Waals surface area contributed by atoms with Gasteiger partial charge in [-0.3, -0.25) is 4.79 Å². The lowest BCUT2D eigenvalue weighted by Crippen LogP contribution is -2.42. The molecular weight excluding hydrogens is 444 g/mol. The molecule has 1 amide bonds. The summed E-state index contributed by atoms with van der Waals surface area (Å²) in [6.07, 6.45) is 2.03. The number of furan rings is 1. The number of benzene rings is 2. The molecule has 0 atom stereocenters. The third-order valence-electron chi connectivity index (χ3n) is 6.12. The molecule has 3 heterocycles. The predicted octanol–water partition coefficient (Wildman–Crippen LogP) is 4.15. The van der Waals surface area contributed by atoms with Crippen LogP contribution in [0.1, 0.15) is 12.2 Å². The second-order valence-corrected chi connectivity index (χ2v) is 8.36. The lowest BCUT2D eigenvalue weighted by Gasteiger charge is -2.29. The number of aromatic nitrogens is 2. The third kappa shape index (κ3) is 5.27. The summed E-state index contributed by atoms with van der Waals surface area (Å²) in [5.74, 6) is 3.08. The minimum absolute atomic E-state index is 0.117. The maximum absolute atomic E-state index is 12.9. The van der Waals surface area contributed by atoms with Gasteiger partial charge in [-0.05, 0) is 48.5 Å². The number of para-hydroxylation sites is 1. The van der Waals surface area contributed by atoms with Crippen molar-refractivity contribution >= 4 is 22.6 Å². The molecule has 180 valence electrons. The van der Waals surface area contributed by atoms with Crippen LogP contribution >= 0.6 is 0 Å². The van der Waals surface area contributed by atoms with Crippen LogP contribution in [0.15, 0.2) is 71.3 Å². The SMILES string of the molecule is COc1ccc(-c2nc(N(CCC(=O)N3CCOCC3)Cc3ccco3)c3ccccc3n2)cc1. The van der Waals surface area contributed by atoms with Crippen molar-refractivity contribution in [3.63, 3.8) is 0 Å². The number of anilines is 1. The van der Waals surface area contributed by atoms with E-state index in [1.165, 1.54) is 0 Å². The smallest absolute Gasteiger partial charge is 0.224 e. The first kappa shape index (κ1) is 22.9. The van der Waals surface area contributed by atoms with E-state index in [4.69, 9.17) is 23.9 Å². The van der Waals surface area contributed by atoms with E-state index in [0.717, 1.165) is 33.8 Å². The van der Waals surface area contributed by atoms with Crippen LogP contribution in [0.4, 0.5) is 5.82 Å². The molecule has 0 radical (unpaired) electrons. The molecular formula is C27H28N4O4. The van der Waals surface area contributed by atoms with Gasteiger partial charge in [0, 0.05) is 37.0 Å². The van der Waals surface area contributed by atoms with Gasteiger partial charge in [0.05, 0.1) is 38.6 Å². The van der Waals surface area contributed by atoms with Crippen molar-refractivity contribution in [2.24, 2.45) is 0 Å². The van der Waals surface area contributed by atoms with Crippen LogP contribution in [0.5, 0.6) is 5.75 Å². The molecule has 8 nitrogen and oxygen atoms in total. The molecule has 0 N–H and O–H groups in total. The van der Waals surface area contributed by atoms with E-state index < -0.39 is 0 Å². The van der Waals surface area contributed by atoms with Gasteiger partial charge in [-0.15, -0.1) is 0 Å². The lowest BCUT2D eigenvalue weighted by molar-refractivity contribution is -0.135. The number of ether oxygens (including phenoxy) is 2. The molecule has 2 aromatic heterocycles. The van der Waals surface area contributed by atoms with Crippen molar-refractivity contribution in [1.29, 1.82) is 0 Å². The second-order valence-electron chi connectivity index (χ2n) is 8.36. The normalized spacial score (nSPS) is 13.7. The number of carbonyl (C=O) groups excluding carboxylic acids is 1. The molecule has 0 unspecified atom stereocenters. The van der Waals surface area contributed by atoms with Crippen molar-refractivity contribution < 1.29 is 18.7 Å². The second kappa shape index (κ2) is 10.6. The van der Waals surface area contributed by atoms with Crippen molar-refractivity contribution in [1.82, 2.24) is 14.9 Å². The highest BCUT2D eigenvalue weighted by Crippen LogP contribution is 2.29. The topological polar surface area (TPSA) is 80.9 Å². The van der Waals surface area contributed by atoms with Crippen molar-refractivity contribution in [3.05, 3.63) is 72.7 Å². The number of hydrogen-bond donors (Lipinski definition) is 0. The Kier molecular flexibility index (Phi) is 6.90. The molecule has 4 aromatic rings. The number of hydrogen-bond acceptors (Lipinski definition) is 7. The minimum Gasteiger partial charge on any atom is -0.497 e. The Bertz CT molecular complexity index is 1270. The molecule has 1 saturated heterocycles. The molecule has 1 fully saturated rings. The molecule has 5 rings (SSSR count). The Morgan fingerprint density at radius 1 is 1.03 bits per heavy atom. The highest BCUT2D eigenvalue weighted by molar-refractivity contribution is 5.91. The van der Waals surface area contributed by atoms with Gasteiger partial charge in [0.1, 0.15) is 17.3 Å². The van der Waals surface area contributed by atoms with Crippen LogP contribution < -0.4 is 9.64 Å². The summed E-state index contributed by atoms with van der Waals surface area (Å²) in [6, 6.07) is 19.4. The number of nitrogens with zero attached hydrogens (tertiary/aromatic N) is 4. The summed E-state index contributed by atoms with van der Waals surface area (Å²) in [4.78, 5) is 26.7. The fraction of sp³-hybridized carbons (Fsp3) is 0.296. The Labute approximate surface area is 204 Å². The zero-order chi connectivity index (χ0) is 24.0. The van der Waals surface area contributed by atoms with Crippen LogP contribution in [0.25, 0.3) is 22.3 Å². The standard InChI is InChI=1S/C27H28N4O4/c1-33-21-10-8-20(9-11-21)26-28-24-7-3-2-6-23(24)27(29-26)31(19-22-5-4-16-35-22)13-12-25(32)30-14-17-34-18-15-30/h2-11,16H,12-15,17-19H2,1H3. The first-order chi connectivity index (χ1) is 17.2. The number of fused-ring (bicyclic) bond motifs is 1. The van der Waals surface area contributed by atoms with Crippen molar-refractivity contribution in [2.45, 2.75) is 13.0 Å². The van der Waals surface area contributed by atoms with E-state index in [2.05, 4.69) is 4.90 Å². The summed E-state index contributed by atoms with van der Waals surface area (Å²) in [6.45, 7) is 3.43. The van der Waals surface area contributed by atoms with Gasteiger partial charge in [-0.2, -0.15) is 0 Å².